The Morgan fingerprint density at radius 1 is 0.964 bits per heavy atom. The summed E-state index contributed by atoms with van der Waals surface area (Å²) in [4.78, 5) is 12.3. The molecule has 146 valence electrons. The molecule has 28 heavy (non-hydrogen) atoms. The second-order valence-electron chi connectivity index (χ2n) is 6.39. The van der Waals surface area contributed by atoms with Crippen molar-refractivity contribution >= 4 is 28.1 Å². The summed E-state index contributed by atoms with van der Waals surface area (Å²) in [6.45, 7) is 1.93. The maximum atomic E-state index is 12.3. The molecule has 0 unspecified atom stereocenters. The molecule has 0 aliphatic heterocycles. The van der Waals surface area contributed by atoms with Gasteiger partial charge in [-0.15, -0.1) is 0 Å². The molecule has 0 bridgehead atoms. The lowest BCUT2D eigenvalue weighted by molar-refractivity contribution is -0.654. The number of rotatable bonds is 8. The molecule has 0 spiro atoms. The van der Waals surface area contributed by atoms with E-state index in [1.807, 2.05) is 23.5 Å². The fourth-order valence-electron chi connectivity index (χ4n) is 2.97. The third kappa shape index (κ3) is 4.51. The number of aliphatic hydroxyl groups excluding tert-OH is 1. The first kappa shape index (κ1) is 19.5. The molecule has 3 aromatic rings. The van der Waals surface area contributed by atoms with Crippen LogP contribution in [0.5, 0.6) is 11.5 Å². The number of nitrogens with one attached hydrogen (secondary N) is 2. The number of aliphatic hydroxyl groups is 1. The van der Waals surface area contributed by atoms with Crippen molar-refractivity contribution < 1.29 is 25.4 Å². The Hall–Kier alpha value is -3.29. The van der Waals surface area contributed by atoms with E-state index in [1.165, 1.54) is 6.07 Å². The number of anilines is 2. The summed E-state index contributed by atoms with van der Waals surface area (Å²) >= 11 is 0. The zero-order valence-electron chi connectivity index (χ0n) is 15.4. The Bertz CT molecular complexity index is 975. The summed E-state index contributed by atoms with van der Waals surface area (Å²) < 4.78 is 0. The highest BCUT2D eigenvalue weighted by Gasteiger charge is 2.11. The van der Waals surface area contributed by atoms with Gasteiger partial charge in [-0.1, -0.05) is 30.3 Å². The topological polar surface area (TPSA) is 118 Å². The molecule has 0 aliphatic rings. The van der Waals surface area contributed by atoms with Crippen LogP contribution in [0.1, 0.15) is 10.4 Å². The minimum absolute atomic E-state index is 0.114. The highest BCUT2D eigenvalue weighted by Crippen LogP contribution is 2.39. The van der Waals surface area contributed by atoms with Crippen molar-refractivity contribution in [3.05, 3.63) is 60.2 Å². The van der Waals surface area contributed by atoms with E-state index < -0.39 is 0 Å². The number of amides is 1. The van der Waals surface area contributed by atoms with Crippen LogP contribution >= 0.6 is 0 Å². The maximum absolute atomic E-state index is 12.3. The van der Waals surface area contributed by atoms with E-state index in [1.54, 1.807) is 30.3 Å². The van der Waals surface area contributed by atoms with Gasteiger partial charge in [0.1, 0.15) is 0 Å². The van der Waals surface area contributed by atoms with E-state index in [2.05, 4.69) is 10.6 Å². The SMILES string of the molecule is O=C(NCC[NH2+]CCO)c1cccc(Nc2cc(O)c(O)c3ccccc23)c1. The van der Waals surface area contributed by atoms with Crippen LogP contribution in [0.25, 0.3) is 10.8 Å². The quantitative estimate of drug-likeness (QED) is 0.199. The minimum Gasteiger partial charge on any atom is -0.504 e. The lowest BCUT2D eigenvalue weighted by atomic mass is 10.1. The summed E-state index contributed by atoms with van der Waals surface area (Å²) in [6, 6.07) is 15.7. The van der Waals surface area contributed by atoms with E-state index in [0.717, 1.165) is 5.39 Å². The van der Waals surface area contributed by atoms with Crippen LogP contribution in [0.15, 0.2) is 54.6 Å². The molecule has 7 heteroatoms. The van der Waals surface area contributed by atoms with Gasteiger partial charge in [0.05, 0.1) is 31.9 Å². The lowest BCUT2D eigenvalue weighted by Crippen LogP contribution is -2.86. The van der Waals surface area contributed by atoms with E-state index in [9.17, 15) is 15.0 Å². The number of hydrogen-bond donors (Lipinski definition) is 6. The second-order valence-corrected chi connectivity index (χ2v) is 6.39. The Morgan fingerprint density at radius 3 is 2.54 bits per heavy atom. The third-order valence-electron chi connectivity index (χ3n) is 4.37. The number of fused-ring (bicyclic) bond motifs is 1. The van der Waals surface area contributed by atoms with Crippen LogP contribution in [0, 0.1) is 0 Å². The van der Waals surface area contributed by atoms with Crippen LogP contribution in [-0.2, 0) is 0 Å². The molecular formula is C21H24N3O4+. The van der Waals surface area contributed by atoms with Gasteiger partial charge in [0.25, 0.3) is 5.91 Å². The number of phenols is 2. The molecule has 3 rings (SSSR count). The van der Waals surface area contributed by atoms with Gasteiger partial charge in [-0.2, -0.15) is 0 Å². The monoisotopic (exact) mass is 382 g/mol. The summed E-state index contributed by atoms with van der Waals surface area (Å²) in [5, 5.41) is 38.1. The predicted octanol–water partition coefficient (Wildman–Crippen LogP) is 1.28. The molecule has 0 atom stereocenters. The number of carbonyl (C=O) groups excluding carboxylic acids is 1. The Kier molecular flexibility index (Phi) is 6.31. The number of aromatic hydroxyl groups is 2. The van der Waals surface area contributed by atoms with E-state index >= 15 is 0 Å². The zero-order valence-corrected chi connectivity index (χ0v) is 15.4. The van der Waals surface area contributed by atoms with Gasteiger partial charge in [-0.05, 0) is 18.2 Å². The van der Waals surface area contributed by atoms with Crippen molar-refractivity contribution in [3.8, 4) is 11.5 Å². The van der Waals surface area contributed by atoms with E-state index in [4.69, 9.17) is 5.11 Å². The molecule has 7 nitrogen and oxygen atoms in total. The van der Waals surface area contributed by atoms with E-state index in [-0.39, 0.29) is 24.0 Å². The maximum Gasteiger partial charge on any atom is 0.251 e. The number of benzene rings is 3. The van der Waals surface area contributed by atoms with Crippen molar-refractivity contribution in [3.63, 3.8) is 0 Å². The van der Waals surface area contributed by atoms with Crippen LogP contribution < -0.4 is 16.0 Å². The zero-order chi connectivity index (χ0) is 19.9. The molecule has 1 amide bonds. The Balaban J connectivity index is 1.76. The molecule has 0 aromatic heterocycles. The first-order valence-corrected chi connectivity index (χ1v) is 9.11. The Morgan fingerprint density at radius 2 is 1.75 bits per heavy atom. The highest BCUT2D eigenvalue weighted by atomic mass is 16.3. The largest absolute Gasteiger partial charge is 0.504 e. The Labute approximate surface area is 162 Å². The van der Waals surface area contributed by atoms with Gasteiger partial charge in [-0.25, -0.2) is 0 Å². The molecule has 3 aromatic carbocycles. The minimum atomic E-state index is -0.214. The van der Waals surface area contributed by atoms with Gasteiger partial charge >= 0.3 is 0 Å². The summed E-state index contributed by atoms with van der Waals surface area (Å²) in [5.41, 5.74) is 1.83. The van der Waals surface area contributed by atoms with Crippen molar-refractivity contribution in [1.29, 1.82) is 0 Å². The average Bonchev–Trinajstić information content (AvgIpc) is 2.72. The van der Waals surface area contributed by atoms with Crippen molar-refractivity contribution in [1.82, 2.24) is 5.32 Å². The molecule has 7 N–H and O–H groups in total. The lowest BCUT2D eigenvalue weighted by Gasteiger charge is -2.13. The average molecular weight is 382 g/mol. The summed E-state index contributed by atoms with van der Waals surface area (Å²) in [6.07, 6.45) is 0. The van der Waals surface area contributed by atoms with Gasteiger partial charge in [-0.3, -0.25) is 4.79 Å². The molecule has 0 saturated heterocycles. The van der Waals surface area contributed by atoms with Gasteiger partial charge in [0.15, 0.2) is 11.5 Å². The molecule has 0 radical (unpaired) electrons. The van der Waals surface area contributed by atoms with Crippen LogP contribution in [0.3, 0.4) is 0 Å². The third-order valence-corrected chi connectivity index (χ3v) is 4.37. The molecule has 0 aliphatic carbocycles. The first-order chi connectivity index (χ1) is 13.6. The second kappa shape index (κ2) is 9.07. The first-order valence-electron chi connectivity index (χ1n) is 9.11. The fourth-order valence-corrected chi connectivity index (χ4v) is 2.97. The van der Waals surface area contributed by atoms with Crippen molar-refractivity contribution in [2.45, 2.75) is 0 Å². The van der Waals surface area contributed by atoms with Gasteiger partial charge < -0.3 is 31.3 Å². The molecule has 0 heterocycles. The molecular weight excluding hydrogens is 358 g/mol. The summed E-state index contributed by atoms with van der Waals surface area (Å²) in [7, 11) is 0. The van der Waals surface area contributed by atoms with Crippen LogP contribution in [-0.4, -0.2) is 47.5 Å². The number of nitrogens with two attached hydrogens (primary N) is 1. The van der Waals surface area contributed by atoms with Gasteiger partial charge in [0.2, 0.25) is 0 Å². The van der Waals surface area contributed by atoms with Gasteiger partial charge in [0, 0.05) is 28.1 Å². The summed E-state index contributed by atoms with van der Waals surface area (Å²) in [5.74, 6) is -0.555. The van der Waals surface area contributed by atoms with Crippen LogP contribution in [0.2, 0.25) is 0 Å². The number of hydrogen-bond acceptors (Lipinski definition) is 5. The highest BCUT2D eigenvalue weighted by molar-refractivity contribution is 6.01. The molecule has 0 fully saturated rings. The fraction of sp³-hybridized carbons (Fsp3) is 0.190. The molecule has 0 saturated carbocycles. The number of quaternary nitrogens is 1. The smallest absolute Gasteiger partial charge is 0.251 e. The number of carbonyl (C=O) groups is 1. The van der Waals surface area contributed by atoms with Crippen molar-refractivity contribution in [2.75, 3.05) is 31.6 Å². The van der Waals surface area contributed by atoms with E-state index in [0.29, 0.717) is 42.0 Å². The van der Waals surface area contributed by atoms with Crippen LogP contribution in [0.4, 0.5) is 11.4 Å². The van der Waals surface area contributed by atoms with Crippen molar-refractivity contribution in [2.24, 2.45) is 0 Å². The predicted molar refractivity (Wildman–Crippen MR) is 108 cm³/mol. The number of phenolic OH excluding ortho intramolecular Hbond substituents is 2. The standard InChI is InChI=1S/C21H23N3O4/c25-11-10-22-8-9-23-21(28)14-4-3-5-15(12-14)24-18-13-19(26)20(27)17-7-2-1-6-16(17)18/h1-7,12-13,22,24-27H,8-11H2,(H,23,28)/p+1. The normalized spacial score (nSPS) is 10.8.